The molecule has 0 radical (unpaired) electrons. The fourth-order valence-corrected chi connectivity index (χ4v) is 3.05. The molecule has 2 N–H and O–H groups in total. The minimum atomic E-state index is -1.02. The van der Waals surface area contributed by atoms with Gasteiger partial charge in [-0.05, 0) is 33.0 Å². The monoisotopic (exact) mass is 275 g/mol. The highest BCUT2D eigenvalue weighted by atomic mass is 16.3. The zero-order chi connectivity index (χ0) is 14.4. The lowest BCUT2D eigenvalue weighted by molar-refractivity contribution is -0.123. The van der Waals surface area contributed by atoms with Gasteiger partial charge in [-0.25, -0.2) is 0 Å². The molecule has 1 fully saturated rings. The number of carbonyl (C=O) groups is 1. The molecular formula is C15H21N3O2. The molecule has 0 spiro atoms. The third-order valence-corrected chi connectivity index (χ3v) is 4.56. The number of amides is 1. The van der Waals surface area contributed by atoms with Gasteiger partial charge in [0.05, 0.1) is 0 Å². The Bertz CT molecular complexity index is 534. The summed E-state index contributed by atoms with van der Waals surface area (Å²) in [5.41, 5.74) is 2.51. The first-order chi connectivity index (χ1) is 9.47. The Morgan fingerprint density at radius 3 is 2.55 bits per heavy atom. The number of piperazine rings is 1. The van der Waals surface area contributed by atoms with Crippen LogP contribution in [0.5, 0.6) is 0 Å². The number of likely N-dealkylation sites (N-methyl/N-ethyl adjacent to an activating group) is 1. The number of carbonyl (C=O) groups excluding carboxylic acids is 1. The Morgan fingerprint density at radius 1 is 1.25 bits per heavy atom. The fourth-order valence-electron chi connectivity index (χ4n) is 3.05. The average Bonchev–Trinajstić information content (AvgIpc) is 2.70. The van der Waals surface area contributed by atoms with Crippen LogP contribution in [-0.2, 0) is 4.79 Å². The van der Waals surface area contributed by atoms with Crippen molar-refractivity contribution in [2.24, 2.45) is 0 Å². The largest absolute Gasteiger partial charge is 0.378 e. The van der Waals surface area contributed by atoms with Gasteiger partial charge in [0, 0.05) is 42.1 Å². The van der Waals surface area contributed by atoms with E-state index in [2.05, 4.69) is 36.0 Å². The smallest absolute Gasteiger partial charge is 0.257 e. The first kappa shape index (κ1) is 13.4. The summed E-state index contributed by atoms with van der Waals surface area (Å²) >= 11 is 0. The predicted octanol–water partition coefficient (Wildman–Crippen LogP) is 1.20. The lowest BCUT2D eigenvalue weighted by Gasteiger charge is -2.43. The summed E-state index contributed by atoms with van der Waals surface area (Å²) in [5.74, 6) is -0.336. The van der Waals surface area contributed by atoms with Crippen LogP contribution in [0.4, 0.5) is 11.4 Å². The normalized spacial score (nSPS) is 30.3. The maximum Gasteiger partial charge on any atom is 0.257 e. The van der Waals surface area contributed by atoms with Gasteiger partial charge in [-0.15, -0.1) is 0 Å². The minimum Gasteiger partial charge on any atom is -0.378 e. The van der Waals surface area contributed by atoms with E-state index in [9.17, 15) is 9.90 Å². The maximum absolute atomic E-state index is 11.5. The van der Waals surface area contributed by atoms with Gasteiger partial charge in [0.25, 0.3) is 5.91 Å². The van der Waals surface area contributed by atoms with E-state index < -0.39 is 6.10 Å². The number of nitrogens with zero attached hydrogens (tertiary/aromatic N) is 2. The highest BCUT2D eigenvalue weighted by Gasteiger charge is 2.31. The third-order valence-electron chi connectivity index (χ3n) is 4.56. The van der Waals surface area contributed by atoms with Crippen molar-refractivity contribution in [2.75, 3.05) is 30.4 Å². The number of aliphatic hydroxyl groups excluding tert-OH is 1. The first-order valence-electron chi connectivity index (χ1n) is 7.07. The number of rotatable bonds is 1. The molecule has 0 saturated carbocycles. The number of aliphatic hydroxyl groups is 1. The van der Waals surface area contributed by atoms with Crippen molar-refractivity contribution < 1.29 is 9.90 Å². The molecule has 3 rings (SSSR count). The molecule has 0 aliphatic carbocycles. The molecule has 3 unspecified atom stereocenters. The van der Waals surface area contributed by atoms with Crippen LogP contribution in [0.25, 0.3) is 0 Å². The van der Waals surface area contributed by atoms with Gasteiger partial charge < -0.3 is 15.3 Å². The minimum absolute atomic E-state index is 0.336. The Labute approximate surface area is 119 Å². The van der Waals surface area contributed by atoms with Crippen molar-refractivity contribution in [3.63, 3.8) is 0 Å². The molecule has 1 aromatic carbocycles. The van der Waals surface area contributed by atoms with Gasteiger partial charge in [0.2, 0.25) is 0 Å². The molecule has 0 aromatic heterocycles. The molecule has 108 valence electrons. The van der Waals surface area contributed by atoms with E-state index in [1.165, 1.54) is 0 Å². The molecule has 1 saturated heterocycles. The second-order valence-corrected chi connectivity index (χ2v) is 5.93. The van der Waals surface area contributed by atoms with Crippen LogP contribution in [0, 0.1) is 0 Å². The molecule has 0 bridgehead atoms. The zero-order valence-electron chi connectivity index (χ0n) is 12.1. The molecule has 2 aliphatic heterocycles. The van der Waals surface area contributed by atoms with Crippen molar-refractivity contribution in [1.82, 2.24) is 4.90 Å². The molecule has 2 aliphatic rings. The van der Waals surface area contributed by atoms with Gasteiger partial charge in [-0.1, -0.05) is 6.07 Å². The van der Waals surface area contributed by atoms with Crippen LogP contribution in [0.3, 0.4) is 0 Å². The molecule has 2 heterocycles. The summed E-state index contributed by atoms with van der Waals surface area (Å²) < 4.78 is 0. The van der Waals surface area contributed by atoms with E-state index in [0.717, 1.165) is 24.5 Å². The van der Waals surface area contributed by atoms with Crippen molar-refractivity contribution in [3.8, 4) is 0 Å². The zero-order valence-corrected chi connectivity index (χ0v) is 12.1. The standard InChI is InChI=1S/C15H21N3O2/c1-9-7-18(8-10(2)17(9)3)11-4-5-12-13(6-11)16-15(20)14(12)19/h4-6,9-10,14,19H,7-8H2,1-3H3,(H,16,20). The summed E-state index contributed by atoms with van der Waals surface area (Å²) in [4.78, 5) is 16.2. The summed E-state index contributed by atoms with van der Waals surface area (Å²) in [5, 5.41) is 12.5. The SMILES string of the molecule is CC1CN(c2ccc3c(c2)NC(=O)C3O)CC(C)N1C. The molecule has 1 amide bonds. The number of nitrogens with one attached hydrogen (secondary N) is 1. The van der Waals surface area contributed by atoms with E-state index in [1.54, 1.807) is 0 Å². The van der Waals surface area contributed by atoms with Gasteiger partial charge in [0.1, 0.15) is 0 Å². The summed E-state index contributed by atoms with van der Waals surface area (Å²) in [6.45, 7) is 6.38. The number of benzene rings is 1. The second-order valence-electron chi connectivity index (χ2n) is 5.93. The van der Waals surface area contributed by atoms with Crippen molar-refractivity contribution >= 4 is 17.3 Å². The van der Waals surface area contributed by atoms with Gasteiger partial charge >= 0.3 is 0 Å². The molecule has 20 heavy (non-hydrogen) atoms. The molecule has 5 nitrogen and oxygen atoms in total. The van der Waals surface area contributed by atoms with Gasteiger partial charge in [-0.3, -0.25) is 9.69 Å². The second kappa shape index (κ2) is 4.75. The van der Waals surface area contributed by atoms with E-state index in [1.807, 2.05) is 18.2 Å². The Balaban J connectivity index is 1.86. The average molecular weight is 275 g/mol. The van der Waals surface area contributed by atoms with Crippen LogP contribution in [0.15, 0.2) is 18.2 Å². The highest BCUT2D eigenvalue weighted by Crippen LogP contribution is 2.34. The molecule has 3 atom stereocenters. The highest BCUT2D eigenvalue weighted by molar-refractivity contribution is 6.02. The molecular weight excluding hydrogens is 254 g/mol. The first-order valence-corrected chi connectivity index (χ1v) is 7.07. The van der Waals surface area contributed by atoms with E-state index >= 15 is 0 Å². The van der Waals surface area contributed by atoms with E-state index in [-0.39, 0.29) is 5.91 Å². The predicted molar refractivity (Wildman–Crippen MR) is 78.9 cm³/mol. The lowest BCUT2D eigenvalue weighted by atomic mass is 10.1. The van der Waals surface area contributed by atoms with Crippen molar-refractivity contribution in [1.29, 1.82) is 0 Å². The van der Waals surface area contributed by atoms with Gasteiger partial charge in [0.15, 0.2) is 6.10 Å². The summed E-state index contributed by atoms with van der Waals surface area (Å²) in [7, 11) is 2.16. The van der Waals surface area contributed by atoms with Crippen LogP contribution in [0.2, 0.25) is 0 Å². The van der Waals surface area contributed by atoms with E-state index in [0.29, 0.717) is 17.6 Å². The fraction of sp³-hybridized carbons (Fsp3) is 0.533. The maximum atomic E-state index is 11.5. The third kappa shape index (κ3) is 2.07. The van der Waals surface area contributed by atoms with Gasteiger partial charge in [-0.2, -0.15) is 0 Å². The molecule has 1 aromatic rings. The topological polar surface area (TPSA) is 55.8 Å². The Hall–Kier alpha value is -1.59. The van der Waals surface area contributed by atoms with Crippen LogP contribution in [0.1, 0.15) is 25.5 Å². The Morgan fingerprint density at radius 2 is 1.90 bits per heavy atom. The van der Waals surface area contributed by atoms with E-state index in [4.69, 9.17) is 0 Å². The number of hydrogen-bond acceptors (Lipinski definition) is 4. The van der Waals surface area contributed by atoms with Crippen LogP contribution >= 0.6 is 0 Å². The number of anilines is 2. The summed E-state index contributed by atoms with van der Waals surface area (Å²) in [6, 6.07) is 6.79. The summed E-state index contributed by atoms with van der Waals surface area (Å²) in [6.07, 6.45) is -1.02. The Kier molecular flexibility index (Phi) is 3.18. The lowest BCUT2D eigenvalue weighted by Crippen LogP contribution is -2.55. The van der Waals surface area contributed by atoms with Crippen molar-refractivity contribution in [2.45, 2.75) is 32.0 Å². The molecule has 5 heteroatoms. The number of hydrogen-bond donors (Lipinski definition) is 2. The van der Waals surface area contributed by atoms with Crippen LogP contribution in [-0.4, -0.2) is 48.1 Å². The van der Waals surface area contributed by atoms with Crippen LogP contribution < -0.4 is 10.2 Å². The van der Waals surface area contributed by atoms with Crippen molar-refractivity contribution in [3.05, 3.63) is 23.8 Å². The number of fused-ring (bicyclic) bond motifs is 1. The quantitative estimate of drug-likeness (QED) is 0.808.